The van der Waals surface area contributed by atoms with Crippen molar-refractivity contribution in [2.24, 2.45) is 11.8 Å². The molecule has 3 nitrogen and oxygen atoms in total. The molecule has 0 radical (unpaired) electrons. The third-order valence-corrected chi connectivity index (χ3v) is 5.40. The van der Waals surface area contributed by atoms with Gasteiger partial charge in [-0.1, -0.05) is 27.7 Å². The molecule has 0 bridgehead atoms. The summed E-state index contributed by atoms with van der Waals surface area (Å²) in [5.41, 5.74) is -0.105. The van der Waals surface area contributed by atoms with E-state index < -0.39 is 0 Å². The number of nitrogens with one attached hydrogen (secondary N) is 1. The molecule has 118 valence electrons. The summed E-state index contributed by atoms with van der Waals surface area (Å²) < 4.78 is 6.36. The van der Waals surface area contributed by atoms with Crippen molar-refractivity contribution in [3.8, 4) is 0 Å². The highest BCUT2D eigenvalue weighted by atomic mass is 16.5. The summed E-state index contributed by atoms with van der Waals surface area (Å²) in [6, 6.07) is 0.413. The van der Waals surface area contributed by atoms with Crippen LogP contribution in [0, 0.1) is 11.8 Å². The normalized spacial score (nSPS) is 42.3. The molecule has 0 aromatic carbocycles. The van der Waals surface area contributed by atoms with Gasteiger partial charge in [-0.05, 0) is 50.4 Å². The third-order valence-electron chi connectivity index (χ3n) is 5.40. The first-order valence-corrected chi connectivity index (χ1v) is 8.48. The van der Waals surface area contributed by atoms with Crippen molar-refractivity contribution in [1.82, 2.24) is 5.32 Å². The fraction of sp³-hybridized carbons (Fsp3) is 1.00. The molecule has 0 aromatic heterocycles. The van der Waals surface area contributed by atoms with Crippen LogP contribution >= 0.6 is 0 Å². The molecular formula is C17H33NO2. The Morgan fingerprint density at radius 3 is 2.50 bits per heavy atom. The molecule has 0 heterocycles. The molecule has 2 aliphatic carbocycles. The SMILES string of the molecule is CC(C)NC1(CO)CCC(OC2CCC(C)C(C)C2)C1. The molecule has 5 unspecified atom stereocenters. The maximum Gasteiger partial charge on any atom is 0.0614 e. The van der Waals surface area contributed by atoms with E-state index in [9.17, 15) is 5.11 Å². The van der Waals surface area contributed by atoms with Gasteiger partial charge in [0, 0.05) is 11.6 Å². The first-order chi connectivity index (χ1) is 9.44. The van der Waals surface area contributed by atoms with E-state index >= 15 is 0 Å². The Kier molecular flexibility index (Phi) is 5.49. The monoisotopic (exact) mass is 283 g/mol. The van der Waals surface area contributed by atoms with Gasteiger partial charge in [-0.25, -0.2) is 0 Å². The van der Waals surface area contributed by atoms with Crippen molar-refractivity contribution >= 4 is 0 Å². The van der Waals surface area contributed by atoms with E-state index in [1.54, 1.807) is 0 Å². The van der Waals surface area contributed by atoms with E-state index in [1.165, 1.54) is 19.3 Å². The number of aliphatic hydroxyl groups is 1. The third kappa shape index (κ3) is 3.96. The highest BCUT2D eigenvalue weighted by Gasteiger charge is 2.40. The predicted octanol–water partition coefficient (Wildman–Crippen LogP) is 3.11. The second-order valence-corrected chi connectivity index (χ2v) is 7.63. The maximum atomic E-state index is 9.75. The lowest BCUT2D eigenvalue weighted by molar-refractivity contribution is -0.0480. The minimum atomic E-state index is -0.105. The first-order valence-electron chi connectivity index (χ1n) is 8.48. The molecule has 0 aromatic rings. The molecule has 5 atom stereocenters. The van der Waals surface area contributed by atoms with E-state index in [0.717, 1.165) is 31.1 Å². The van der Waals surface area contributed by atoms with Crippen LogP contribution in [0.5, 0.6) is 0 Å². The van der Waals surface area contributed by atoms with Crippen LogP contribution in [0.1, 0.15) is 66.2 Å². The van der Waals surface area contributed by atoms with Crippen LogP contribution in [0.2, 0.25) is 0 Å². The Bertz CT molecular complexity index is 307. The zero-order valence-corrected chi connectivity index (χ0v) is 13.7. The van der Waals surface area contributed by atoms with E-state index in [-0.39, 0.29) is 12.1 Å². The highest BCUT2D eigenvalue weighted by molar-refractivity contribution is 4.98. The molecule has 20 heavy (non-hydrogen) atoms. The number of hydrogen-bond acceptors (Lipinski definition) is 3. The van der Waals surface area contributed by atoms with Crippen LogP contribution in [-0.4, -0.2) is 35.5 Å². The molecule has 0 aliphatic heterocycles. The molecule has 2 rings (SSSR count). The lowest BCUT2D eigenvalue weighted by atomic mass is 9.80. The van der Waals surface area contributed by atoms with Gasteiger partial charge in [0.2, 0.25) is 0 Å². The Hall–Kier alpha value is -0.120. The summed E-state index contributed by atoms with van der Waals surface area (Å²) in [4.78, 5) is 0. The predicted molar refractivity (Wildman–Crippen MR) is 82.8 cm³/mol. The fourth-order valence-corrected chi connectivity index (χ4v) is 4.02. The van der Waals surface area contributed by atoms with Crippen molar-refractivity contribution in [3.63, 3.8) is 0 Å². The van der Waals surface area contributed by atoms with Crippen LogP contribution < -0.4 is 5.32 Å². The van der Waals surface area contributed by atoms with Gasteiger partial charge < -0.3 is 15.2 Å². The van der Waals surface area contributed by atoms with Gasteiger partial charge in [0.25, 0.3) is 0 Å². The van der Waals surface area contributed by atoms with E-state index in [2.05, 4.69) is 33.0 Å². The van der Waals surface area contributed by atoms with Crippen molar-refractivity contribution in [2.75, 3.05) is 6.61 Å². The summed E-state index contributed by atoms with van der Waals surface area (Å²) >= 11 is 0. The first kappa shape index (κ1) is 16.3. The van der Waals surface area contributed by atoms with E-state index in [4.69, 9.17) is 4.74 Å². The van der Waals surface area contributed by atoms with Crippen LogP contribution in [0.4, 0.5) is 0 Å². The maximum absolute atomic E-state index is 9.75. The zero-order chi connectivity index (χ0) is 14.8. The molecule has 2 saturated carbocycles. The zero-order valence-electron chi connectivity index (χ0n) is 13.7. The molecule has 0 amide bonds. The number of aliphatic hydroxyl groups excluding tert-OH is 1. The average molecular weight is 283 g/mol. The molecule has 0 spiro atoms. The Morgan fingerprint density at radius 1 is 1.15 bits per heavy atom. The van der Waals surface area contributed by atoms with Gasteiger partial charge in [0.15, 0.2) is 0 Å². The smallest absolute Gasteiger partial charge is 0.0614 e. The second-order valence-electron chi connectivity index (χ2n) is 7.63. The molecular weight excluding hydrogens is 250 g/mol. The van der Waals surface area contributed by atoms with Gasteiger partial charge in [-0.2, -0.15) is 0 Å². The van der Waals surface area contributed by atoms with Gasteiger partial charge in [-0.3, -0.25) is 0 Å². The molecule has 2 N–H and O–H groups in total. The lowest BCUT2D eigenvalue weighted by Crippen LogP contribution is -2.50. The number of hydrogen-bond donors (Lipinski definition) is 2. The van der Waals surface area contributed by atoms with Gasteiger partial charge in [-0.15, -0.1) is 0 Å². The van der Waals surface area contributed by atoms with Gasteiger partial charge in [0.05, 0.1) is 18.8 Å². The molecule has 2 fully saturated rings. The average Bonchev–Trinajstić information content (AvgIpc) is 2.77. The van der Waals surface area contributed by atoms with Crippen LogP contribution in [0.3, 0.4) is 0 Å². The number of rotatable bonds is 5. The minimum absolute atomic E-state index is 0.105. The van der Waals surface area contributed by atoms with Crippen LogP contribution in [0.25, 0.3) is 0 Å². The number of ether oxygens (including phenoxy) is 1. The van der Waals surface area contributed by atoms with Gasteiger partial charge in [0.1, 0.15) is 0 Å². The van der Waals surface area contributed by atoms with Crippen molar-refractivity contribution in [3.05, 3.63) is 0 Å². The van der Waals surface area contributed by atoms with E-state index in [0.29, 0.717) is 18.2 Å². The molecule has 2 aliphatic rings. The van der Waals surface area contributed by atoms with Crippen molar-refractivity contribution < 1.29 is 9.84 Å². The Labute approximate surface area is 124 Å². The summed E-state index contributed by atoms with van der Waals surface area (Å²) in [5, 5.41) is 13.3. The van der Waals surface area contributed by atoms with Crippen molar-refractivity contribution in [1.29, 1.82) is 0 Å². The minimum Gasteiger partial charge on any atom is -0.394 e. The molecule has 3 heteroatoms. The largest absolute Gasteiger partial charge is 0.394 e. The summed E-state index contributed by atoms with van der Waals surface area (Å²) in [6.45, 7) is 9.24. The lowest BCUT2D eigenvalue weighted by Gasteiger charge is -2.34. The fourth-order valence-electron chi connectivity index (χ4n) is 4.02. The van der Waals surface area contributed by atoms with Crippen LogP contribution in [0.15, 0.2) is 0 Å². The Balaban J connectivity index is 1.83. The van der Waals surface area contributed by atoms with Crippen LogP contribution in [-0.2, 0) is 4.74 Å². The summed E-state index contributed by atoms with van der Waals surface area (Å²) in [6.07, 6.45) is 7.58. The second kappa shape index (κ2) is 6.76. The topological polar surface area (TPSA) is 41.5 Å². The quantitative estimate of drug-likeness (QED) is 0.814. The Morgan fingerprint density at radius 2 is 1.90 bits per heavy atom. The van der Waals surface area contributed by atoms with Gasteiger partial charge >= 0.3 is 0 Å². The highest BCUT2D eigenvalue weighted by Crippen LogP contribution is 2.37. The summed E-state index contributed by atoms with van der Waals surface area (Å²) in [7, 11) is 0. The summed E-state index contributed by atoms with van der Waals surface area (Å²) in [5.74, 6) is 1.63. The van der Waals surface area contributed by atoms with Crippen molar-refractivity contribution in [2.45, 2.75) is 90.0 Å². The standard InChI is InChI=1S/C17H33NO2/c1-12(2)18-17(11-19)8-7-16(10-17)20-15-6-5-13(3)14(4)9-15/h12-16,18-19H,5-11H2,1-4H3. The molecule has 0 saturated heterocycles. The van der Waals surface area contributed by atoms with E-state index in [1.807, 2.05) is 0 Å².